The molecule has 1 fully saturated rings. The molecule has 0 spiro atoms. The van der Waals surface area contributed by atoms with E-state index in [9.17, 15) is 67.2 Å². The average Bonchev–Trinajstić information content (AvgIpc) is 4.05. The van der Waals surface area contributed by atoms with Gasteiger partial charge in [0.2, 0.25) is 53.2 Å². The minimum Gasteiger partial charge on any atom is -0.464 e. The third kappa shape index (κ3) is 27.1. The van der Waals surface area contributed by atoms with Crippen molar-refractivity contribution in [2.45, 2.75) is 62.9 Å². The molecular formula is C51H69N10O21P. The molecule has 0 aliphatic carbocycles. The fourth-order valence-corrected chi connectivity index (χ4v) is 7.92. The predicted octanol–water partition coefficient (Wildman–Crippen LogP) is -4.95. The van der Waals surface area contributed by atoms with E-state index in [0.717, 1.165) is 12.2 Å². The van der Waals surface area contributed by atoms with Crippen LogP contribution in [-0.4, -0.2) is 213 Å². The number of carbonyl (C=O) groups is 12. The van der Waals surface area contributed by atoms with Crippen LogP contribution < -0.4 is 47.9 Å². The van der Waals surface area contributed by atoms with Crippen LogP contribution in [0.15, 0.2) is 66.7 Å². The van der Waals surface area contributed by atoms with Gasteiger partial charge < -0.3 is 86.4 Å². The number of amides is 11. The first-order chi connectivity index (χ1) is 39.7. The molecule has 0 aromatic heterocycles. The maximum Gasteiger partial charge on any atom is 0.328 e. The second-order valence-electron chi connectivity index (χ2n) is 18.2. The summed E-state index contributed by atoms with van der Waals surface area (Å²) in [6, 6.07) is 9.95. The number of benzene rings is 2. The molecule has 0 unspecified atom stereocenters. The SMILES string of the molecule is O=C(CCP(=O)(O)O)NC[C@@H](C(=O)NCCOCCOCCOCCOCCC(=O)N[C@@H](CC(=O)N[C@H]1CCOC1=O)C(=O)NCC(=O)NCC(=O)N[C@@H](Cc1ccccc1)C(=O)NCC(=O)Nc1ccc(CO)cc1)N1C(=O)C=CC1=O. The Hall–Kier alpha value is -8.03. The van der Waals surface area contributed by atoms with Crippen molar-refractivity contribution >= 4 is 84.2 Å². The van der Waals surface area contributed by atoms with Crippen molar-refractivity contribution < 1.29 is 101 Å². The largest absolute Gasteiger partial charge is 0.464 e. The molecular weight excluding hydrogens is 1120 g/mol. The van der Waals surface area contributed by atoms with E-state index < -0.39 is 148 Å². The Morgan fingerprint density at radius 1 is 0.602 bits per heavy atom. The minimum absolute atomic E-state index is 0.00759. The number of ether oxygens (including phenoxy) is 5. The van der Waals surface area contributed by atoms with E-state index in [0.29, 0.717) is 21.7 Å². The molecule has 0 bridgehead atoms. The zero-order chi connectivity index (χ0) is 60.6. The Labute approximate surface area is 475 Å². The molecule has 0 saturated carbocycles. The number of esters is 1. The summed E-state index contributed by atoms with van der Waals surface area (Å²) in [6.07, 6.45) is -0.0507. The van der Waals surface area contributed by atoms with Crippen LogP contribution in [-0.2, 0) is 98.8 Å². The molecule has 2 heterocycles. The average molecular weight is 1190 g/mol. The predicted molar refractivity (Wildman–Crippen MR) is 286 cm³/mol. The van der Waals surface area contributed by atoms with E-state index in [4.69, 9.17) is 33.5 Å². The summed E-state index contributed by atoms with van der Waals surface area (Å²) in [4.78, 5) is 171. The molecule has 454 valence electrons. The zero-order valence-electron chi connectivity index (χ0n) is 45.1. The van der Waals surface area contributed by atoms with Gasteiger partial charge in [-0.3, -0.25) is 62.2 Å². The Balaban J connectivity index is 1.11. The third-order valence-electron chi connectivity index (χ3n) is 11.7. The zero-order valence-corrected chi connectivity index (χ0v) is 46.0. The van der Waals surface area contributed by atoms with Crippen molar-refractivity contribution in [2.24, 2.45) is 0 Å². The van der Waals surface area contributed by atoms with E-state index in [1.54, 1.807) is 54.6 Å². The third-order valence-corrected chi connectivity index (χ3v) is 12.5. The maximum atomic E-state index is 13.3. The number of carbonyl (C=O) groups excluding carboxylic acids is 12. The summed E-state index contributed by atoms with van der Waals surface area (Å²) < 4.78 is 37.7. The number of cyclic esters (lactones) is 1. The molecule has 2 aliphatic rings. The van der Waals surface area contributed by atoms with Gasteiger partial charge in [0.25, 0.3) is 11.8 Å². The molecule has 83 heavy (non-hydrogen) atoms. The van der Waals surface area contributed by atoms with Crippen LogP contribution >= 0.6 is 7.60 Å². The first-order valence-electron chi connectivity index (χ1n) is 26.1. The number of imide groups is 1. The fraction of sp³-hybridized carbons (Fsp3) is 0.490. The fourth-order valence-electron chi connectivity index (χ4n) is 7.42. The lowest BCUT2D eigenvalue weighted by molar-refractivity contribution is -0.145. The minimum atomic E-state index is -4.46. The van der Waals surface area contributed by atoms with Gasteiger partial charge in [-0.2, -0.15) is 0 Å². The molecule has 31 nitrogen and oxygen atoms in total. The molecule has 12 N–H and O–H groups in total. The molecule has 4 rings (SSSR count). The van der Waals surface area contributed by atoms with Gasteiger partial charge in [-0.25, -0.2) is 4.79 Å². The Bertz CT molecular complexity index is 2620. The van der Waals surface area contributed by atoms with E-state index in [-0.39, 0.29) is 91.9 Å². The van der Waals surface area contributed by atoms with Gasteiger partial charge in [-0.15, -0.1) is 0 Å². The smallest absolute Gasteiger partial charge is 0.328 e. The normalized spacial score (nSPS) is 14.8. The molecule has 0 radical (unpaired) electrons. The number of aliphatic hydroxyl groups excluding tert-OH is 1. The molecule has 11 amide bonds. The number of aliphatic hydroxyl groups is 1. The van der Waals surface area contributed by atoms with Crippen molar-refractivity contribution in [3.05, 3.63) is 77.9 Å². The van der Waals surface area contributed by atoms with Gasteiger partial charge in [0.1, 0.15) is 24.2 Å². The van der Waals surface area contributed by atoms with Crippen LogP contribution in [0.1, 0.15) is 36.8 Å². The lowest BCUT2D eigenvalue weighted by Crippen LogP contribution is -2.55. The highest BCUT2D eigenvalue weighted by atomic mass is 31.2. The summed E-state index contributed by atoms with van der Waals surface area (Å²) in [5.41, 5.74) is 1.74. The Kier molecular flexibility index (Phi) is 29.6. The number of nitrogens with one attached hydrogen (secondary N) is 9. The highest BCUT2D eigenvalue weighted by molar-refractivity contribution is 7.51. The monoisotopic (exact) mass is 1190 g/mol. The van der Waals surface area contributed by atoms with E-state index in [1.165, 1.54) is 0 Å². The molecule has 2 aromatic carbocycles. The van der Waals surface area contributed by atoms with E-state index >= 15 is 0 Å². The summed E-state index contributed by atoms with van der Waals surface area (Å²) in [5, 5.41) is 31.2. The van der Waals surface area contributed by atoms with E-state index in [1.807, 2.05) is 0 Å². The molecule has 4 atom stereocenters. The van der Waals surface area contributed by atoms with Crippen LogP contribution in [0.2, 0.25) is 0 Å². The lowest BCUT2D eigenvalue weighted by atomic mass is 10.1. The summed E-state index contributed by atoms with van der Waals surface area (Å²) >= 11 is 0. The Morgan fingerprint density at radius 2 is 1.18 bits per heavy atom. The first kappa shape index (κ1) is 67.5. The van der Waals surface area contributed by atoms with Crippen molar-refractivity contribution in [3.63, 3.8) is 0 Å². The number of hydrogen-bond donors (Lipinski definition) is 12. The quantitative estimate of drug-likeness (QED) is 0.0129. The van der Waals surface area contributed by atoms with Crippen LogP contribution in [0.5, 0.6) is 0 Å². The molecule has 1 saturated heterocycles. The van der Waals surface area contributed by atoms with Crippen LogP contribution in [0.3, 0.4) is 0 Å². The first-order valence-corrected chi connectivity index (χ1v) is 27.9. The van der Waals surface area contributed by atoms with Crippen LogP contribution in [0.25, 0.3) is 0 Å². The highest BCUT2D eigenvalue weighted by Crippen LogP contribution is 2.34. The van der Waals surface area contributed by atoms with Crippen molar-refractivity contribution in [1.82, 2.24) is 47.4 Å². The second kappa shape index (κ2) is 36.4. The van der Waals surface area contributed by atoms with Crippen molar-refractivity contribution in [2.75, 3.05) is 104 Å². The van der Waals surface area contributed by atoms with Crippen molar-refractivity contribution in [3.8, 4) is 0 Å². The van der Waals surface area contributed by atoms with Gasteiger partial charge in [0.15, 0.2) is 0 Å². The summed E-state index contributed by atoms with van der Waals surface area (Å²) in [6.45, 7) is -1.81. The number of hydrogen-bond acceptors (Lipinski definition) is 19. The van der Waals surface area contributed by atoms with Gasteiger partial charge in [-0.1, -0.05) is 42.5 Å². The topological polar surface area (TPSA) is 440 Å². The van der Waals surface area contributed by atoms with E-state index in [2.05, 4.69) is 47.9 Å². The second-order valence-corrected chi connectivity index (χ2v) is 19.9. The van der Waals surface area contributed by atoms with Gasteiger partial charge >= 0.3 is 13.6 Å². The highest BCUT2D eigenvalue weighted by Gasteiger charge is 2.36. The maximum absolute atomic E-state index is 13.3. The van der Waals surface area contributed by atoms with Gasteiger partial charge in [-0.05, 0) is 23.3 Å². The number of nitrogens with zero attached hydrogens (tertiary/aromatic N) is 1. The number of rotatable bonds is 39. The number of anilines is 1. The Morgan fingerprint density at radius 3 is 1.78 bits per heavy atom. The van der Waals surface area contributed by atoms with Crippen LogP contribution in [0, 0.1) is 0 Å². The van der Waals surface area contributed by atoms with Gasteiger partial charge in [0.05, 0.1) is 98.3 Å². The summed E-state index contributed by atoms with van der Waals surface area (Å²) in [7, 11) is -4.46. The summed E-state index contributed by atoms with van der Waals surface area (Å²) in [5.74, 6) is -9.17. The lowest BCUT2D eigenvalue weighted by Gasteiger charge is -2.25. The van der Waals surface area contributed by atoms with Crippen LogP contribution in [0.4, 0.5) is 5.69 Å². The molecule has 32 heteroatoms. The molecule has 2 aliphatic heterocycles. The van der Waals surface area contributed by atoms with Gasteiger partial charge in [0, 0.05) is 56.6 Å². The molecule has 2 aromatic rings. The van der Waals surface area contributed by atoms with Crippen molar-refractivity contribution in [1.29, 1.82) is 0 Å². The standard InChI is InChI=1S/C51H69N10O21P/c62-32-34-6-8-35(9-7-34)57-44(67)31-56-48(71)37(26-33-4-2-1-3-5-33)60-45(68)30-54-43(66)29-55-49(72)38(27-42(65)58-36-12-17-82-51(36)74)59-41(64)13-16-78-19-21-80-23-24-81-22-20-79-18-15-52-50(73)39(61-46(69)10-11-47(61)70)28-53-40(63)14-25-83(75,76)77/h1-11,36-39,62H,12-32H2,(H,52,73)(H,53,63)(H,54,66)(H,55,72)(H,56,71)(H,57,67)(H,58,65)(H,59,64)(H,60,68)(H2,75,76,77)/t36-,37-,38-,39-/m0/s1.